The molecular weight excluding hydrogens is 648 g/mol. The number of hydrogen-bond donors (Lipinski definition) is 6. The van der Waals surface area contributed by atoms with Gasteiger partial charge in [-0.05, 0) is 55.7 Å². The second-order valence-electron chi connectivity index (χ2n) is 13.5. The Morgan fingerprint density at radius 3 is 1.37 bits per heavy atom. The summed E-state index contributed by atoms with van der Waals surface area (Å²) >= 11 is 0. The van der Waals surface area contributed by atoms with Crippen LogP contribution in [0.2, 0.25) is 0 Å². The number of ether oxygens (including phenoxy) is 2. The fourth-order valence-corrected chi connectivity index (χ4v) is 6.31. The molecule has 0 radical (unpaired) electrons. The van der Waals surface area contributed by atoms with Crippen LogP contribution in [-0.4, -0.2) is 69.7 Å². The topological polar surface area (TPSA) is 170 Å². The van der Waals surface area contributed by atoms with E-state index in [0.29, 0.717) is 0 Å². The summed E-state index contributed by atoms with van der Waals surface area (Å²) in [6.45, 7) is 5.20. The highest BCUT2D eigenvalue weighted by Gasteiger charge is 2.32. The van der Waals surface area contributed by atoms with Gasteiger partial charge in [0, 0.05) is 70.6 Å². The van der Waals surface area contributed by atoms with Gasteiger partial charge in [-0.25, -0.2) is 9.59 Å². The first-order valence-corrected chi connectivity index (χ1v) is 16.8. The van der Waals surface area contributed by atoms with Crippen molar-refractivity contribution in [3.63, 3.8) is 0 Å². The normalized spacial score (nSPS) is 13.4. The van der Waals surface area contributed by atoms with E-state index in [4.69, 9.17) is 9.47 Å². The Hall–Kier alpha value is -6.04. The van der Waals surface area contributed by atoms with Crippen molar-refractivity contribution in [2.45, 2.75) is 63.8 Å². The molecule has 0 bridgehead atoms. The van der Waals surface area contributed by atoms with E-state index in [0.717, 1.165) is 49.4 Å². The number of H-pyrrole nitrogens is 3. The van der Waals surface area contributed by atoms with Crippen molar-refractivity contribution in [2.75, 3.05) is 7.11 Å². The van der Waals surface area contributed by atoms with Crippen molar-refractivity contribution >= 4 is 56.6 Å². The number of carbonyl (C=O) groups is 4. The van der Waals surface area contributed by atoms with Crippen molar-refractivity contribution in [3.8, 4) is 0 Å². The number of rotatable bonds is 12. The van der Waals surface area contributed by atoms with Crippen LogP contribution in [-0.2, 0) is 43.1 Å². The first kappa shape index (κ1) is 34.8. The molecule has 3 atom stereocenters. The average molecular weight is 691 g/mol. The Morgan fingerprint density at radius 1 is 0.588 bits per heavy atom. The van der Waals surface area contributed by atoms with E-state index in [1.165, 1.54) is 7.11 Å². The van der Waals surface area contributed by atoms with Crippen LogP contribution in [0.25, 0.3) is 32.7 Å². The van der Waals surface area contributed by atoms with E-state index in [2.05, 4.69) is 30.9 Å². The third-order valence-corrected chi connectivity index (χ3v) is 8.74. The Bertz CT molecular complexity index is 2190. The Labute approximate surface area is 294 Å². The summed E-state index contributed by atoms with van der Waals surface area (Å²) in [5.74, 6) is -1.82. The molecule has 3 aromatic heterocycles. The lowest BCUT2D eigenvalue weighted by atomic mass is 10.0. The van der Waals surface area contributed by atoms with Gasteiger partial charge in [0.25, 0.3) is 0 Å². The number of alkyl carbamates (subject to hydrolysis) is 1. The van der Waals surface area contributed by atoms with E-state index >= 15 is 0 Å². The van der Waals surface area contributed by atoms with E-state index in [9.17, 15) is 19.2 Å². The molecule has 0 aliphatic rings. The summed E-state index contributed by atoms with van der Waals surface area (Å²) in [6, 6.07) is 19.6. The molecule has 6 aromatic rings. The summed E-state index contributed by atoms with van der Waals surface area (Å²) in [6.07, 6.45) is 4.98. The number of para-hydroxylation sites is 3. The maximum atomic E-state index is 14.2. The lowest BCUT2D eigenvalue weighted by Gasteiger charge is -2.26. The predicted octanol–water partition coefficient (Wildman–Crippen LogP) is 5.19. The van der Waals surface area contributed by atoms with Crippen LogP contribution >= 0.6 is 0 Å². The molecule has 3 aromatic carbocycles. The number of esters is 1. The largest absolute Gasteiger partial charge is 0.467 e. The quantitative estimate of drug-likeness (QED) is 0.0966. The van der Waals surface area contributed by atoms with Crippen molar-refractivity contribution < 1.29 is 28.7 Å². The van der Waals surface area contributed by atoms with Crippen molar-refractivity contribution in [1.29, 1.82) is 0 Å². The Balaban J connectivity index is 1.30. The van der Waals surface area contributed by atoms with Crippen LogP contribution in [0, 0.1) is 0 Å². The minimum atomic E-state index is -1.14. The number of hydrogen-bond acceptors (Lipinski definition) is 6. The fraction of sp³-hybridized carbons (Fsp3) is 0.282. The summed E-state index contributed by atoms with van der Waals surface area (Å²) in [5, 5.41) is 11.2. The van der Waals surface area contributed by atoms with Gasteiger partial charge in [0.1, 0.15) is 23.7 Å². The molecule has 12 heteroatoms. The lowest BCUT2D eigenvalue weighted by Crippen LogP contribution is -2.57. The number of methoxy groups -OCH3 is 1. The third-order valence-electron chi connectivity index (χ3n) is 8.74. The Kier molecular flexibility index (Phi) is 10.1. The molecule has 0 unspecified atom stereocenters. The van der Waals surface area contributed by atoms with Crippen LogP contribution in [0.5, 0.6) is 0 Å². The van der Waals surface area contributed by atoms with Gasteiger partial charge in [-0.1, -0.05) is 54.6 Å². The highest BCUT2D eigenvalue weighted by atomic mass is 16.6. The number of aromatic amines is 3. The second kappa shape index (κ2) is 14.8. The second-order valence-corrected chi connectivity index (χ2v) is 13.5. The standard InChI is InChI=1S/C39H42N6O6/c1-39(2,3)51-38(49)45-33(18-24-21-41-30-15-9-6-12-27(24)30)36(47)43-32(17-23-20-40-29-14-8-5-11-26(23)29)35(46)44-34(37(48)50-4)19-25-22-42-31-16-10-7-13-28(25)31/h5-16,20-22,32-34,40-42H,17-19H2,1-4H3,(H,43,47)(H,44,46)(H,45,49)/t32-,33+,34-/m0/s1. The Morgan fingerprint density at radius 2 is 0.961 bits per heavy atom. The van der Waals surface area contributed by atoms with Gasteiger partial charge in [0.2, 0.25) is 11.8 Å². The minimum absolute atomic E-state index is 0.0921. The number of amides is 3. The van der Waals surface area contributed by atoms with Crippen LogP contribution in [0.1, 0.15) is 37.5 Å². The molecule has 12 nitrogen and oxygen atoms in total. The van der Waals surface area contributed by atoms with Gasteiger partial charge < -0.3 is 40.4 Å². The number of fused-ring (bicyclic) bond motifs is 3. The van der Waals surface area contributed by atoms with Gasteiger partial charge in [0.15, 0.2) is 0 Å². The van der Waals surface area contributed by atoms with Crippen LogP contribution in [0.15, 0.2) is 91.4 Å². The summed E-state index contributed by atoms with van der Waals surface area (Å²) < 4.78 is 10.6. The number of carbonyl (C=O) groups excluding carboxylic acids is 4. The van der Waals surface area contributed by atoms with E-state index in [1.54, 1.807) is 39.4 Å². The molecular formula is C39H42N6O6. The molecule has 0 aliphatic heterocycles. The molecule has 0 spiro atoms. The van der Waals surface area contributed by atoms with Gasteiger partial charge in [-0.2, -0.15) is 0 Å². The van der Waals surface area contributed by atoms with Crippen molar-refractivity contribution in [1.82, 2.24) is 30.9 Å². The van der Waals surface area contributed by atoms with Crippen LogP contribution in [0.4, 0.5) is 4.79 Å². The molecule has 6 rings (SSSR count). The summed E-state index contributed by atoms with van der Waals surface area (Å²) in [5.41, 5.74) is 4.23. The first-order valence-electron chi connectivity index (χ1n) is 16.8. The van der Waals surface area contributed by atoms with Crippen LogP contribution in [0.3, 0.4) is 0 Å². The van der Waals surface area contributed by atoms with E-state index in [-0.39, 0.29) is 19.3 Å². The zero-order valence-electron chi connectivity index (χ0n) is 29.0. The molecule has 0 aliphatic carbocycles. The predicted molar refractivity (Wildman–Crippen MR) is 195 cm³/mol. The molecule has 0 fully saturated rings. The summed E-state index contributed by atoms with van der Waals surface area (Å²) in [7, 11) is 1.26. The third kappa shape index (κ3) is 8.23. The number of benzene rings is 3. The molecule has 3 heterocycles. The lowest BCUT2D eigenvalue weighted by molar-refractivity contribution is -0.145. The number of nitrogens with one attached hydrogen (secondary N) is 6. The smallest absolute Gasteiger partial charge is 0.408 e. The molecule has 0 saturated heterocycles. The maximum absolute atomic E-state index is 14.2. The van der Waals surface area contributed by atoms with Gasteiger partial charge in [-0.15, -0.1) is 0 Å². The van der Waals surface area contributed by atoms with Crippen molar-refractivity contribution in [2.24, 2.45) is 0 Å². The van der Waals surface area contributed by atoms with E-state index < -0.39 is 47.6 Å². The SMILES string of the molecule is COC(=O)[C@H](Cc1c[nH]c2ccccc12)NC(=O)[C@H](Cc1c[nH]c2ccccc12)NC(=O)[C@@H](Cc1c[nH]c2ccccc12)NC(=O)OC(C)(C)C. The van der Waals surface area contributed by atoms with Crippen LogP contribution < -0.4 is 16.0 Å². The molecule has 6 N–H and O–H groups in total. The average Bonchev–Trinajstić information content (AvgIpc) is 3.83. The number of aromatic nitrogens is 3. The highest BCUT2D eigenvalue weighted by molar-refractivity contribution is 5.95. The fourth-order valence-electron chi connectivity index (χ4n) is 6.31. The summed E-state index contributed by atoms with van der Waals surface area (Å²) in [4.78, 5) is 64.2. The van der Waals surface area contributed by atoms with Gasteiger partial charge in [-0.3, -0.25) is 9.59 Å². The van der Waals surface area contributed by atoms with E-state index in [1.807, 2.05) is 72.8 Å². The highest BCUT2D eigenvalue weighted by Crippen LogP contribution is 2.23. The molecule has 264 valence electrons. The maximum Gasteiger partial charge on any atom is 0.408 e. The zero-order valence-corrected chi connectivity index (χ0v) is 29.0. The minimum Gasteiger partial charge on any atom is -0.467 e. The molecule has 3 amide bonds. The molecule has 0 saturated carbocycles. The molecule has 51 heavy (non-hydrogen) atoms. The first-order chi connectivity index (χ1) is 24.5. The monoisotopic (exact) mass is 690 g/mol. The zero-order chi connectivity index (χ0) is 36.1. The van der Waals surface area contributed by atoms with Crippen molar-refractivity contribution in [3.05, 3.63) is 108 Å². The van der Waals surface area contributed by atoms with Gasteiger partial charge >= 0.3 is 12.1 Å². The van der Waals surface area contributed by atoms with Gasteiger partial charge in [0.05, 0.1) is 7.11 Å².